The van der Waals surface area contributed by atoms with Gasteiger partial charge in [0.1, 0.15) is 0 Å². The highest BCUT2D eigenvalue weighted by molar-refractivity contribution is 5.90. The summed E-state index contributed by atoms with van der Waals surface area (Å²) in [6, 6.07) is 16.0. The molecule has 1 heterocycles. The molecule has 0 radical (unpaired) electrons. The lowest BCUT2D eigenvalue weighted by atomic mass is 10.1. The molecule has 1 aliphatic rings. The highest BCUT2D eigenvalue weighted by atomic mass is 16.2. The molecule has 1 aromatic heterocycles. The molecular formula is C19H19N3O. The lowest BCUT2D eigenvalue weighted by Crippen LogP contribution is -2.38. The van der Waals surface area contributed by atoms with Crippen molar-refractivity contribution < 1.29 is 4.79 Å². The monoisotopic (exact) mass is 305 g/mol. The number of aromatic amines is 1. The molecule has 1 unspecified atom stereocenters. The highest BCUT2D eigenvalue weighted by Gasteiger charge is 2.26. The Morgan fingerprint density at radius 1 is 1.13 bits per heavy atom. The second-order valence-corrected chi connectivity index (χ2v) is 6.20. The number of urea groups is 1. The fourth-order valence-corrected chi connectivity index (χ4v) is 3.37. The maximum atomic E-state index is 12.1. The van der Waals surface area contributed by atoms with Crippen molar-refractivity contribution >= 4 is 22.6 Å². The van der Waals surface area contributed by atoms with Crippen molar-refractivity contribution in [3.05, 3.63) is 65.4 Å². The van der Waals surface area contributed by atoms with Gasteiger partial charge in [-0.1, -0.05) is 29.8 Å². The van der Waals surface area contributed by atoms with Crippen LogP contribution in [0.4, 0.5) is 10.5 Å². The van der Waals surface area contributed by atoms with Gasteiger partial charge in [0, 0.05) is 34.7 Å². The van der Waals surface area contributed by atoms with Gasteiger partial charge in [-0.15, -0.1) is 0 Å². The first-order valence-electron chi connectivity index (χ1n) is 7.92. The van der Waals surface area contributed by atoms with Crippen LogP contribution in [0, 0.1) is 6.92 Å². The molecule has 0 saturated heterocycles. The number of carbonyl (C=O) groups excluding carboxylic acids is 1. The number of carbonyl (C=O) groups is 1. The third-order valence-corrected chi connectivity index (χ3v) is 4.42. The van der Waals surface area contributed by atoms with Crippen LogP contribution in [0.5, 0.6) is 0 Å². The van der Waals surface area contributed by atoms with Gasteiger partial charge in [-0.25, -0.2) is 4.79 Å². The second kappa shape index (κ2) is 5.47. The number of H-pyrrole nitrogens is 1. The number of aryl methyl sites for hydroxylation is 1. The van der Waals surface area contributed by atoms with Crippen LogP contribution in [0.15, 0.2) is 48.5 Å². The summed E-state index contributed by atoms with van der Waals surface area (Å²) >= 11 is 0. The smallest absolute Gasteiger partial charge is 0.319 e. The number of para-hydroxylation sites is 1. The van der Waals surface area contributed by atoms with Gasteiger partial charge >= 0.3 is 6.03 Å². The number of aromatic nitrogens is 1. The van der Waals surface area contributed by atoms with Crippen LogP contribution in [0.25, 0.3) is 10.9 Å². The molecule has 4 nitrogen and oxygen atoms in total. The van der Waals surface area contributed by atoms with Crippen molar-refractivity contribution in [2.45, 2.75) is 25.8 Å². The lowest BCUT2D eigenvalue weighted by Gasteiger charge is -2.13. The van der Waals surface area contributed by atoms with Crippen LogP contribution in [-0.4, -0.2) is 17.1 Å². The van der Waals surface area contributed by atoms with Crippen LogP contribution < -0.4 is 10.6 Å². The van der Waals surface area contributed by atoms with Gasteiger partial charge in [-0.3, -0.25) is 0 Å². The average molecular weight is 305 g/mol. The molecule has 0 spiro atoms. The van der Waals surface area contributed by atoms with E-state index in [0.717, 1.165) is 18.5 Å². The molecule has 116 valence electrons. The molecule has 0 fully saturated rings. The van der Waals surface area contributed by atoms with Crippen LogP contribution >= 0.6 is 0 Å². The summed E-state index contributed by atoms with van der Waals surface area (Å²) in [5, 5.41) is 7.23. The van der Waals surface area contributed by atoms with E-state index in [9.17, 15) is 4.79 Å². The number of hydrogen-bond acceptors (Lipinski definition) is 1. The third-order valence-electron chi connectivity index (χ3n) is 4.42. The molecule has 0 saturated carbocycles. The summed E-state index contributed by atoms with van der Waals surface area (Å²) in [5.74, 6) is 0. The summed E-state index contributed by atoms with van der Waals surface area (Å²) < 4.78 is 0. The topological polar surface area (TPSA) is 56.9 Å². The largest absolute Gasteiger partial charge is 0.358 e. The molecule has 1 atom stereocenters. The molecule has 3 aromatic rings. The van der Waals surface area contributed by atoms with E-state index in [1.165, 1.54) is 27.7 Å². The standard InChI is InChI=1S/C19H19N3O/c1-12-7-8-17-15(9-12)16-10-14(11-18(16)22-17)21-19(23)20-13-5-3-2-4-6-13/h2-9,14,22H,10-11H2,1H3,(H2,20,21,23). The maximum Gasteiger partial charge on any atom is 0.319 e. The fraction of sp³-hybridized carbons (Fsp3) is 0.211. The third kappa shape index (κ3) is 2.68. The van der Waals surface area contributed by atoms with Crippen LogP contribution in [0.3, 0.4) is 0 Å². The molecule has 1 aliphatic carbocycles. The lowest BCUT2D eigenvalue weighted by molar-refractivity contribution is 0.249. The molecule has 4 rings (SSSR count). The Morgan fingerprint density at radius 3 is 2.78 bits per heavy atom. The summed E-state index contributed by atoms with van der Waals surface area (Å²) in [4.78, 5) is 15.6. The van der Waals surface area contributed by atoms with Gasteiger partial charge in [0.15, 0.2) is 0 Å². The normalized spacial score (nSPS) is 16.3. The predicted octanol–water partition coefficient (Wildman–Crippen LogP) is 3.77. The second-order valence-electron chi connectivity index (χ2n) is 6.20. The first-order chi connectivity index (χ1) is 11.2. The van der Waals surface area contributed by atoms with Crippen molar-refractivity contribution in [2.24, 2.45) is 0 Å². The molecular weight excluding hydrogens is 286 g/mol. The number of anilines is 1. The number of benzene rings is 2. The summed E-state index contributed by atoms with van der Waals surface area (Å²) in [7, 11) is 0. The van der Waals surface area contributed by atoms with Crippen molar-refractivity contribution in [3.8, 4) is 0 Å². The predicted molar refractivity (Wildman–Crippen MR) is 92.8 cm³/mol. The minimum atomic E-state index is -0.146. The minimum Gasteiger partial charge on any atom is -0.358 e. The van der Waals surface area contributed by atoms with Crippen LogP contribution in [0.2, 0.25) is 0 Å². The summed E-state index contributed by atoms with van der Waals surface area (Å²) in [6.07, 6.45) is 1.73. The Morgan fingerprint density at radius 2 is 1.96 bits per heavy atom. The average Bonchev–Trinajstić information content (AvgIpc) is 3.05. The number of hydrogen-bond donors (Lipinski definition) is 3. The first kappa shape index (κ1) is 13.9. The molecule has 23 heavy (non-hydrogen) atoms. The molecule has 3 N–H and O–H groups in total. The number of rotatable bonds is 2. The number of fused-ring (bicyclic) bond motifs is 3. The fourth-order valence-electron chi connectivity index (χ4n) is 3.37. The molecule has 4 heteroatoms. The van der Waals surface area contributed by atoms with Crippen molar-refractivity contribution in [2.75, 3.05) is 5.32 Å². The Balaban J connectivity index is 1.46. The zero-order valence-corrected chi connectivity index (χ0v) is 13.0. The van der Waals surface area contributed by atoms with Crippen molar-refractivity contribution in [1.29, 1.82) is 0 Å². The quantitative estimate of drug-likeness (QED) is 0.663. The van der Waals surface area contributed by atoms with Crippen molar-refractivity contribution in [3.63, 3.8) is 0 Å². The van der Waals surface area contributed by atoms with Gasteiger partial charge in [0.05, 0.1) is 0 Å². The highest BCUT2D eigenvalue weighted by Crippen LogP contribution is 2.30. The van der Waals surface area contributed by atoms with E-state index in [4.69, 9.17) is 0 Å². The Hall–Kier alpha value is -2.75. The van der Waals surface area contributed by atoms with E-state index >= 15 is 0 Å². The summed E-state index contributed by atoms with van der Waals surface area (Å²) in [5.41, 5.74) is 5.84. The Labute approximate surface area is 134 Å². The number of amides is 2. The van der Waals surface area contributed by atoms with Crippen LogP contribution in [-0.2, 0) is 12.8 Å². The Bertz CT molecular complexity index is 867. The number of nitrogens with one attached hydrogen (secondary N) is 3. The zero-order chi connectivity index (χ0) is 15.8. The molecule has 0 bridgehead atoms. The van der Waals surface area contributed by atoms with Gasteiger partial charge in [-0.05, 0) is 43.2 Å². The first-order valence-corrected chi connectivity index (χ1v) is 7.92. The molecule has 0 aliphatic heterocycles. The van der Waals surface area contributed by atoms with E-state index < -0.39 is 0 Å². The molecule has 2 aromatic carbocycles. The SMILES string of the molecule is Cc1ccc2[nH]c3c(c2c1)CC(NC(=O)Nc1ccccc1)C3. The van der Waals surface area contributed by atoms with Gasteiger partial charge in [0.25, 0.3) is 0 Å². The van der Waals surface area contributed by atoms with Gasteiger partial charge in [0.2, 0.25) is 0 Å². The van der Waals surface area contributed by atoms with E-state index in [0.29, 0.717) is 0 Å². The van der Waals surface area contributed by atoms with Gasteiger partial charge < -0.3 is 15.6 Å². The van der Waals surface area contributed by atoms with Crippen molar-refractivity contribution in [1.82, 2.24) is 10.3 Å². The zero-order valence-electron chi connectivity index (χ0n) is 13.0. The summed E-state index contributed by atoms with van der Waals surface area (Å²) in [6.45, 7) is 2.11. The Kier molecular flexibility index (Phi) is 3.30. The molecule has 2 amide bonds. The van der Waals surface area contributed by atoms with Crippen LogP contribution in [0.1, 0.15) is 16.8 Å². The van der Waals surface area contributed by atoms with E-state index in [1.807, 2.05) is 30.3 Å². The van der Waals surface area contributed by atoms with E-state index in [2.05, 4.69) is 40.7 Å². The van der Waals surface area contributed by atoms with Gasteiger partial charge in [-0.2, -0.15) is 0 Å². The minimum absolute atomic E-state index is 0.143. The van der Waals surface area contributed by atoms with E-state index in [-0.39, 0.29) is 12.1 Å². The maximum absolute atomic E-state index is 12.1. The van der Waals surface area contributed by atoms with E-state index in [1.54, 1.807) is 0 Å².